The molecule has 0 fully saturated rings. The maximum Gasteiger partial charge on any atom is 0.415 e. The number of halogens is 1. The van der Waals surface area contributed by atoms with Crippen LogP contribution in [0.5, 0.6) is 0 Å². The van der Waals surface area contributed by atoms with Crippen molar-refractivity contribution in [1.82, 2.24) is 10.6 Å². The van der Waals surface area contributed by atoms with Crippen LogP contribution in [0.1, 0.15) is 66.9 Å². The molecule has 0 aliphatic rings. The van der Waals surface area contributed by atoms with Crippen LogP contribution in [-0.4, -0.2) is 60.6 Å². The van der Waals surface area contributed by atoms with E-state index in [1.807, 2.05) is 0 Å². The third-order valence-corrected chi connectivity index (χ3v) is 4.66. The number of carbonyl (C=O) groups excluding carboxylic acids is 4. The van der Waals surface area contributed by atoms with E-state index in [1.165, 1.54) is 18.9 Å². The molecule has 1 aromatic carbocycles. The molecule has 0 aliphatic heterocycles. The minimum absolute atomic E-state index is 0.162. The van der Waals surface area contributed by atoms with Gasteiger partial charge in [-0.1, -0.05) is 29.8 Å². The fraction of sp³-hybridized carbons (Fsp3) is 0.615. The Balaban J connectivity index is 2.87. The van der Waals surface area contributed by atoms with Gasteiger partial charge in [-0.15, -0.1) is 0 Å². The normalized spacial score (nSPS) is 13.0. The van der Waals surface area contributed by atoms with Crippen molar-refractivity contribution in [2.75, 3.05) is 18.5 Å². The lowest BCUT2D eigenvalue weighted by molar-refractivity contribution is -0.147. The first kappa shape index (κ1) is 32.8. The number of alkyl carbamates (subject to hydrolysis) is 2. The first-order valence-corrected chi connectivity index (χ1v) is 12.7. The van der Waals surface area contributed by atoms with E-state index in [0.29, 0.717) is 17.7 Å². The number of esters is 1. The van der Waals surface area contributed by atoms with Gasteiger partial charge in [0.2, 0.25) is 0 Å². The molecule has 1 unspecified atom stereocenters. The molecule has 12 heteroatoms. The smallest absolute Gasteiger partial charge is 0.415 e. The predicted octanol–water partition coefficient (Wildman–Crippen LogP) is 5.09. The summed E-state index contributed by atoms with van der Waals surface area (Å²) in [5.74, 6) is -0.706. The second kappa shape index (κ2) is 14.7. The second-order valence-electron chi connectivity index (χ2n) is 10.5. The monoisotopic (exact) mass is 557 g/mol. The van der Waals surface area contributed by atoms with E-state index in [1.54, 1.807) is 65.8 Å². The first-order valence-electron chi connectivity index (χ1n) is 12.3. The SMILES string of the molecule is CC(Cl)OC(=O)N(C)c1ccccc1COC(=O)[C@H](CCCNC(=O)OC(C)(C)C)NC(=O)OC(C)(C)C. The van der Waals surface area contributed by atoms with E-state index in [0.717, 1.165) is 0 Å². The maximum atomic E-state index is 13.0. The topological polar surface area (TPSA) is 132 Å². The highest BCUT2D eigenvalue weighted by atomic mass is 35.5. The molecule has 0 saturated heterocycles. The Morgan fingerprint density at radius 3 is 2.13 bits per heavy atom. The highest BCUT2D eigenvalue weighted by Gasteiger charge is 2.26. The average Bonchev–Trinajstić information content (AvgIpc) is 2.76. The second-order valence-corrected chi connectivity index (χ2v) is 11.1. The molecule has 0 radical (unpaired) electrons. The van der Waals surface area contributed by atoms with Crippen molar-refractivity contribution in [3.63, 3.8) is 0 Å². The number of nitrogens with zero attached hydrogens (tertiary/aromatic N) is 1. The van der Waals surface area contributed by atoms with Gasteiger partial charge in [-0.05, 0) is 67.4 Å². The van der Waals surface area contributed by atoms with Crippen LogP contribution in [-0.2, 0) is 30.3 Å². The Hall–Kier alpha value is -3.21. The van der Waals surface area contributed by atoms with Crippen LogP contribution in [0.25, 0.3) is 0 Å². The molecular formula is C26H40ClN3O8. The lowest BCUT2D eigenvalue weighted by Crippen LogP contribution is -2.44. The molecule has 1 rings (SSSR count). The van der Waals surface area contributed by atoms with Gasteiger partial charge in [0, 0.05) is 19.2 Å². The third-order valence-electron chi connectivity index (χ3n) is 4.57. The molecule has 214 valence electrons. The van der Waals surface area contributed by atoms with E-state index in [4.69, 9.17) is 30.5 Å². The molecule has 0 heterocycles. The van der Waals surface area contributed by atoms with Gasteiger partial charge in [0.15, 0.2) is 5.56 Å². The van der Waals surface area contributed by atoms with Crippen LogP contribution in [0.2, 0.25) is 0 Å². The summed E-state index contributed by atoms with van der Waals surface area (Å²) in [5.41, 5.74) is -1.24. The van der Waals surface area contributed by atoms with Gasteiger partial charge in [0.05, 0.1) is 5.69 Å². The lowest BCUT2D eigenvalue weighted by Gasteiger charge is -2.24. The molecule has 0 aromatic heterocycles. The quantitative estimate of drug-likeness (QED) is 0.176. The van der Waals surface area contributed by atoms with E-state index in [9.17, 15) is 19.2 Å². The molecule has 11 nitrogen and oxygen atoms in total. The Kier molecular flexibility index (Phi) is 12.7. The number of hydrogen-bond acceptors (Lipinski definition) is 8. The Bertz CT molecular complexity index is 957. The molecule has 1 aromatic rings. The number of nitrogens with one attached hydrogen (secondary N) is 2. The molecular weight excluding hydrogens is 518 g/mol. The van der Waals surface area contributed by atoms with Crippen molar-refractivity contribution in [1.29, 1.82) is 0 Å². The van der Waals surface area contributed by atoms with Crippen LogP contribution in [0.4, 0.5) is 20.1 Å². The van der Waals surface area contributed by atoms with Gasteiger partial charge in [-0.2, -0.15) is 0 Å². The van der Waals surface area contributed by atoms with Crippen molar-refractivity contribution in [3.05, 3.63) is 29.8 Å². The molecule has 0 spiro atoms. The minimum atomic E-state index is -1.04. The number of hydrogen-bond donors (Lipinski definition) is 2. The number of benzene rings is 1. The van der Waals surface area contributed by atoms with Gasteiger partial charge in [0.25, 0.3) is 0 Å². The standard InChI is InChI=1S/C26H40ClN3O8/c1-17(27)36-24(34)30(8)20-14-10-9-12-18(20)16-35-21(31)19(29-23(33)38-26(5,6)7)13-11-15-28-22(32)37-25(2,3)4/h9-10,12,14,17,19H,11,13,15-16H2,1-8H3,(H,28,32)(H,29,33)/t17?,19-/m0/s1. The van der Waals surface area contributed by atoms with Crippen molar-refractivity contribution in [2.45, 2.75) is 90.7 Å². The van der Waals surface area contributed by atoms with Gasteiger partial charge in [-0.25, -0.2) is 19.2 Å². The van der Waals surface area contributed by atoms with Crippen LogP contribution in [0.15, 0.2) is 24.3 Å². The number of ether oxygens (including phenoxy) is 4. The Morgan fingerprint density at radius 2 is 1.55 bits per heavy atom. The van der Waals surface area contributed by atoms with Crippen LogP contribution in [0.3, 0.4) is 0 Å². The van der Waals surface area contributed by atoms with Crippen molar-refractivity contribution in [2.24, 2.45) is 0 Å². The van der Waals surface area contributed by atoms with Gasteiger partial charge in [0.1, 0.15) is 23.9 Å². The summed E-state index contributed by atoms with van der Waals surface area (Å²) in [6.07, 6.45) is -1.53. The van der Waals surface area contributed by atoms with Crippen molar-refractivity contribution in [3.8, 4) is 0 Å². The third kappa shape index (κ3) is 13.4. The summed E-state index contributed by atoms with van der Waals surface area (Å²) < 4.78 is 21.0. The van der Waals surface area contributed by atoms with E-state index in [-0.39, 0.29) is 19.6 Å². The summed E-state index contributed by atoms with van der Waals surface area (Å²) >= 11 is 5.75. The van der Waals surface area contributed by atoms with E-state index >= 15 is 0 Å². The number of anilines is 1. The zero-order chi connectivity index (χ0) is 29.1. The molecule has 2 atom stereocenters. The molecule has 0 aliphatic carbocycles. The predicted molar refractivity (Wildman–Crippen MR) is 143 cm³/mol. The summed E-state index contributed by atoms with van der Waals surface area (Å²) in [6.45, 7) is 11.9. The average molecular weight is 558 g/mol. The zero-order valence-corrected chi connectivity index (χ0v) is 24.1. The highest BCUT2D eigenvalue weighted by Crippen LogP contribution is 2.22. The fourth-order valence-corrected chi connectivity index (χ4v) is 3.11. The number of carbonyl (C=O) groups is 4. The number of alkyl halides is 1. The van der Waals surface area contributed by atoms with Crippen molar-refractivity contribution < 1.29 is 38.1 Å². The van der Waals surface area contributed by atoms with Crippen LogP contribution >= 0.6 is 11.6 Å². The van der Waals surface area contributed by atoms with E-state index < -0.39 is 47.1 Å². The van der Waals surface area contributed by atoms with Crippen molar-refractivity contribution >= 4 is 41.5 Å². The molecule has 0 saturated carbocycles. The first-order chi connectivity index (χ1) is 17.5. The Morgan fingerprint density at radius 1 is 0.974 bits per heavy atom. The number of para-hydroxylation sites is 1. The largest absolute Gasteiger partial charge is 0.459 e. The highest BCUT2D eigenvalue weighted by molar-refractivity contribution is 6.20. The zero-order valence-electron chi connectivity index (χ0n) is 23.4. The van der Waals surface area contributed by atoms with E-state index in [2.05, 4.69) is 10.6 Å². The van der Waals surface area contributed by atoms with Crippen LogP contribution < -0.4 is 15.5 Å². The summed E-state index contributed by atoms with van der Waals surface area (Å²) in [7, 11) is 1.51. The minimum Gasteiger partial charge on any atom is -0.459 e. The molecule has 38 heavy (non-hydrogen) atoms. The van der Waals surface area contributed by atoms with Gasteiger partial charge >= 0.3 is 24.2 Å². The molecule has 3 amide bonds. The summed E-state index contributed by atoms with van der Waals surface area (Å²) in [4.78, 5) is 50.7. The fourth-order valence-electron chi connectivity index (χ4n) is 3.04. The van der Waals surface area contributed by atoms with Crippen LogP contribution in [0, 0.1) is 0 Å². The molecule has 0 bridgehead atoms. The lowest BCUT2D eigenvalue weighted by atomic mass is 10.1. The molecule has 2 N–H and O–H groups in total. The summed E-state index contributed by atoms with van der Waals surface area (Å²) in [6, 6.07) is 5.77. The maximum absolute atomic E-state index is 13.0. The Labute approximate surface area is 229 Å². The summed E-state index contributed by atoms with van der Waals surface area (Å²) in [5, 5.41) is 5.15. The number of rotatable bonds is 10. The number of amides is 3. The van der Waals surface area contributed by atoms with Gasteiger partial charge in [-0.3, -0.25) is 4.90 Å². The van der Waals surface area contributed by atoms with Gasteiger partial charge < -0.3 is 29.6 Å².